The van der Waals surface area contributed by atoms with Crippen LogP contribution in [0.4, 0.5) is 0 Å². The molecule has 1 aromatic carbocycles. The second kappa shape index (κ2) is 7.95. The summed E-state index contributed by atoms with van der Waals surface area (Å²) >= 11 is 0. The molecule has 0 aromatic heterocycles. The molecule has 1 atom stereocenters. The van der Waals surface area contributed by atoms with Gasteiger partial charge in [0.15, 0.2) is 5.52 Å². The second-order valence-corrected chi connectivity index (χ2v) is 6.08. The number of hydrogen-bond acceptors (Lipinski definition) is 3. The molecule has 99 valence electrons. The standard InChI is InChI=1S/C14H19O3P.Li/c1-16-10-7-8-12(13(9-10)17-2)14(15)18-11-5-3-4-6-11;/h7-9,11,18H,3-6H2,1-2H3;. The van der Waals surface area contributed by atoms with Crippen molar-refractivity contribution in [3.8, 4) is 11.5 Å². The van der Waals surface area contributed by atoms with Gasteiger partial charge in [0.25, 0.3) is 0 Å². The number of ether oxygens (including phenoxy) is 2. The number of rotatable bonds is 5. The molecule has 0 N–H and O–H groups in total. The van der Waals surface area contributed by atoms with Gasteiger partial charge in [0.05, 0.1) is 19.8 Å². The van der Waals surface area contributed by atoms with E-state index in [2.05, 4.69) is 0 Å². The Hall–Kier alpha value is -0.483. The molecule has 1 fully saturated rings. The summed E-state index contributed by atoms with van der Waals surface area (Å²) in [6, 6.07) is 5.39. The normalized spacial score (nSPS) is 15.5. The van der Waals surface area contributed by atoms with Gasteiger partial charge in [0, 0.05) is 24.9 Å². The van der Waals surface area contributed by atoms with Crippen LogP contribution >= 0.6 is 8.58 Å². The van der Waals surface area contributed by atoms with E-state index in [1.165, 1.54) is 25.7 Å². The Balaban J connectivity index is 0.00000180. The van der Waals surface area contributed by atoms with Crippen molar-refractivity contribution in [2.24, 2.45) is 0 Å². The van der Waals surface area contributed by atoms with E-state index in [-0.39, 0.29) is 24.4 Å². The molecular formula is C14H19LiO3P. The number of methoxy groups -OCH3 is 2. The Morgan fingerprint density at radius 3 is 2.47 bits per heavy atom. The molecule has 0 spiro atoms. The Kier molecular flexibility index (Phi) is 6.93. The fourth-order valence-corrected chi connectivity index (χ4v) is 3.75. The molecule has 1 aliphatic rings. The summed E-state index contributed by atoms with van der Waals surface area (Å²) in [6.07, 6.45) is 4.93. The Morgan fingerprint density at radius 2 is 1.89 bits per heavy atom. The van der Waals surface area contributed by atoms with Gasteiger partial charge in [-0.25, -0.2) is 0 Å². The van der Waals surface area contributed by atoms with Crippen molar-refractivity contribution in [3.63, 3.8) is 0 Å². The van der Waals surface area contributed by atoms with Crippen LogP contribution in [0.2, 0.25) is 0 Å². The van der Waals surface area contributed by atoms with Gasteiger partial charge in [-0.1, -0.05) is 12.8 Å². The van der Waals surface area contributed by atoms with Crippen LogP contribution in [0.25, 0.3) is 0 Å². The number of carbonyl (C=O) groups is 1. The van der Waals surface area contributed by atoms with Crippen molar-refractivity contribution >= 4 is 33.0 Å². The van der Waals surface area contributed by atoms with Gasteiger partial charge in [0.1, 0.15) is 11.5 Å². The maximum Gasteiger partial charge on any atom is 0.185 e. The van der Waals surface area contributed by atoms with Crippen LogP contribution in [0.3, 0.4) is 0 Å². The molecule has 2 rings (SSSR count). The summed E-state index contributed by atoms with van der Waals surface area (Å²) in [5.74, 6) is 1.33. The van der Waals surface area contributed by atoms with Crippen molar-refractivity contribution in [2.75, 3.05) is 14.2 Å². The number of carbonyl (C=O) groups excluding carboxylic acids is 1. The van der Waals surface area contributed by atoms with E-state index in [0.29, 0.717) is 31.3 Å². The first kappa shape index (κ1) is 16.6. The van der Waals surface area contributed by atoms with Crippen LogP contribution in [0.15, 0.2) is 18.2 Å². The Labute approximate surface area is 128 Å². The maximum atomic E-state index is 12.3. The summed E-state index contributed by atoms with van der Waals surface area (Å²) in [5.41, 5.74) is 1.48. The molecule has 19 heavy (non-hydrogen) atoms. The number of benzene rings is 1. The van der Waals surface area contributed by atoms with Gasteiger partial charge in [-0.15, -0.1) is 0 Å². The Bertz CT molecular complexity index is 431. The molecule has 3 nitrogen and oxygen atoms in total. The molecule has 1 aromatic rings. The molecule has 1 unspecified atom stereocenters. The van der Waals surface area contributed by atoms with Crippen LogP contribution < -0.4 is 9.47 Å². The van der Waals surface area contributed by atoms with Crippen LogP contribution in [-0.2, 0) is 0 Å². The van der Waals surface area contributed by atoms with Crippen LogP contribution in [0.5, 0.6) is 11.5 Å². The minimum Gasteiger partial charge on any atom is -0.497 e. The predicted molar refractivity (Wildman–Crippen MR) is 80.2 cm³/mol. The molecule has 0 heterocycles. The quantitative estimate of drug-likeness (QED) is 0.611. The molecule has 1 saturated carbocycles. The minimum absolute atomic E-state index is 0. The fourth-order valence-electron chi connectivity index (χ4n) is 2.32. The van der Waals surface area contributed by atoms with Crippen LogP contribution in [-0.4, -0.2) is 44.3 Å². The molecule has 0 aliphatic heterocycles. The van der Waals surface area contributed by atoms with E-state index in [1.807, 2.05) is 12.1 Å². The average Bonchev–Trinajstić information content (AvgIpc) is 2.90. The SMILES string of the molecule is COc1ccc(C(=O)PC2CCCC2)c(OC)c1.[Li]. The topological polar surface area (TPSA) is 35.5 Å². The van der Waals surface area contributed by atoms with E-state index in [4.69, 9.17) is 9.47 Å². The minimum atomic E-state index is 0. The third-order valence-corrected chi connectivity index (χ3v) is 4.86. The van der Waals surface area contributed by atoms with Gasteiger partial charge in [-0.3, -0.25) is 4.79 Å². The smallest absolute Gasteiger partial charge is 0.185 e. The van der Waals surface area contributed by atoms with Gasteiger partial charge in [-0.2, -0.15) is 0 Å². The zero-order chi connectivity index (χ0) is 13.0. The third kappa shape index (κ3) is 4.25. The second-order valence-electron chi connectivity index (χ2n) is 4.52. The van der Waals surface area contributed by atoms with Crippen molar-refractivity contribution in [2.45, 2.75) is 31.3 Å². The van der Waals surface area contributed by atoms with Gasteiger partial charge in [-0.05, 0) is 39.2 Å². The van der Waals surface area contributed by atoms with Gasteiger partial charge < -0.3 is 9.47 Å². The summed E-state index contributed by atoms with van der Waals surface area (Å²) in [5, 5.41) is 0. The van der Waals surface area contributed by atoms with E-state index < -0.39 is 0 Å². The van der Waals surface area contributed by atoms with Crippen LogP contribution in [0.1, 0.15) is 36.0 Å². The number of hydrogen-bond donors (Lipinski definition) is 0. The average molecular weight is 273 g/mol. The molecule has 1 radical (unpaired) electrons. The van der Waals surface area contributed by atoms with Crippen molar-refractivity contribution in [3.05, 3.63) is 23.8 Å². The molecule has 0 bridgehead atoms. The summed E-state index contributed by atoms with van der Waals surface area (Å²) in [6.45, 7) is 0. The largest absolute Gasteiger partial charge is 0.497 e. The predicted octanol–water partition coefficient (Wildman–Crippen LogP) is 3.08. The fraction of sp³-hybridized carbons (Fsp3) is 0.500. The van der Waals surface area contributed by atoms with Crippen molar-refractivity contribution < 1.29 is 14.3 Å². The first-order valence-electron chi connectivity index (χ1n) is 6.27. The summed E-state index contributed by atoms with van der Waals surface area (Å²) < 4.78 is 10.4. The molecular weight excluding hydrogens is 254 g/mol. The first-order valence-corrected chi connectivity index (χ1v) is 7.35. The van der Waals surface area contributed by atoms with Crippen molar-refractivity contribution in [1.82, 2.24) is 0 Å². The van der Waals surface area contributed by atoms with E-state index in [0.717, 1.165) is 0 Å². The summed E-state index contributed by atoms with van der Waals surface area (Å²) in [4.78, 5) is 12.3. The molecule has 1 aliphatic carbocycles. The van der Waals surface area contributed by atoms with E-state index in [1.54, 1.807) is 20.3 Å². The third-order valence-electron chi connectivity index (χ3n) is 3.34. The van der Waals surface area contributed by atoms with E-state index >= 15 is 0 Å². The Morgan fingerprint density at radius 1 is 1.21 bits per heavy atom. The van der Waals surface area contributed by atoms with Gasteiger partial charge in [0.2, 0.25) is 0 Å². The molecule has 0 amide bonds. The van der Waals surface area contributed by atoms with Crippen molar-refractivity contribution in [1.29, 1.82) is 0 Å². The zero-order valence-corrected chi connectivity index (χ0v) is 12.9. The molecule has 0 saturated heterocycles. The molecule has 5 heteroatoms. The summed E-state index contributed by atoms with van der Waals surface area (Å²) in [7, 11) is 3.57. The van der Waals surface area contributed by atoms with E-state index in [9.17, 15) is 4.79 Å². The maximum absolute atomic E-state index is 12.3. The zero-order valence-electron chi connectivity index (χ0n) is 11.9. The van der Waals surface area contributed by atoms with Crippen LogP contribution in [0, 0.1) is 0 Å². The monoisotopic (exact) mass is 273 g/mol. The van der Waals surface area contributed by atoms with Gasteiger partial charge >= 0.3 is 0 Å². The first-order chi connectivity index (χ1) is 8.74.